The van der Waals surface area contributed by atoms with Crippen molar-refractivity contribution in [2.75, 3.05) is 0 Å². The molecule has 2 aromatic rings. The number of pyridine rings is 1. The van der Waals surface area contributed by atoms with Crippen LogP contribution in [0.5, 0.6) is 0 Å². The summed E-state index contributed by atoms with van der Waals surface area (Å²) in [6.45, 7) is 0. The molecule has 0 bridgehead atoms. The zero-order chi connectivity index (χ0) is 11.6. The molecule has 0 aliphatic rings. The normalized spacial score (nSPS) is 10.8. The summed E-state index contributed by atoms with van der Waals surface area (Å²) in [4.78, 5) is 3.97. The molecule has 1 aromatic heterocycles. The number of benzene rings is 1. The zero-order valence-corrected chi connectivity index (χ0v) is 10.9. The van der Waals surface area contributed by atoms with Crippen molar-refractivity contribution in [1.82, 2.24) is 4.98 Å². The molecule has 0 amide bonds. The van der Waals surface area contributed by atoms with Gasteiger partial charge in [0.15, 0.2) is 0 Å². The van der Waals surface area contributed by atoms with E-state index in [1.54, 1.807) is 24.3 Å². The van der Waals surface area contributed by atoms with Gasteiger partial charge in [-0.3, -0.25) is 0 Å². The average molecular weight is 414 g/mol. The predicted octanol–water partition coefficient (Wildman–Crippen LogP) is 3.57. The quantitative estimate of drug-likeness (QED) is 0.651. The monoisotopic (exact) mass is 415 g/mol. The Kier molecular flexibility index (Phi) is 4.43. The van der Waals surface area contributed by atoms with E-state index in [9.17, 15) is 13.2 Å². The Labute approximate surface area is 110 Å². The largest absolute Gasteiger partial charge is 0.399 e. The Bertz CT molecular complexity index is 483. The number of aromatic nitrogens is 1. The first-order valence-corrected chi connectivity index (χ1v) is 4.58. The second-order valence-electron chi connectivity index (χ2n) is 3.19. The molecule has 1 heterocycles. The fraction of sp³-hybridized carbons (Fsp3) is 0.0833. The summed E-state index contributed by atoms with van der Waals surface area (Å²) in [6, 6.07) is 11.3. The summed E-state index contributed by atoms with van der Waals surface area (Å²) >= 11 is 0. The van der Waals surface area contributed by atoms with Crippen LogP contribution < -0.4 is 0 Å². The molecule has 0 saturated heterocycles. The molecule has 1 aromatic carbocycles. The number of hydrogen-bond acceptors (Lipinski definition) is 1. The van der Waals surface area contributed by atoms with Gasteiger partial charge in [-0.15, -0.1) is 29.8 Å². The van der Waals surface area contributed by atoms with Gasteiger partial charge in [0.1, 0.15) is 0 Å². The van der Waals surface area contributed by atoms with Crippen LogP contribution in [0.2, 0.25) is 0 Å². The van der Waals surface area contributed by atoms with Crippen LogP contribution >= 0.6 is 0 Å². The summed E-state index contributed by atoms with van der Waals surface area (Å²) in [5, 5.41) is 0. The van der Waals surface area contributed by atoms with Crippen LogP contribution in [0, 0.1) is 6.07 Å². The first-order valence-electron chi connectivity index (χ1n) is 4.58. The number of nitrogens with zero attached hydrogens (tertiary/aromatic N) is 1. The van der Waals surface area contributed by atoms with Gasteiger partial charge in [0.25, 0.3) is 0 Å². The van der Waals surface area contributed by atoms with E-state index >= 15 is 0 Å². The van der Waals surface area contributed by atoms with E-state index in [0.717, 1.165) is 6.07 Å². The van der Waals surface area contributed by atoms with Gasteiger partial charge in [0.05, 0.1) is 0 Å². The van der Waals surface area contributed by atoms with Crippen LogP contribution in [-0.2, 0) is 26.3 Å². The molecule has 0 spiro atoms. The Morgan fingerprint density at radius 3 is 2.35 bits per heavy atom. The first-order chi connectivity index (χ1) is 7.57. The molecule has 5 heteroatoms. The van der Waals surface area contributed by atoms with E-state index in [1.807, 2.05) is 0 Å². The number of rotatable bonds is 1. The second-order valence-corrected chi connectivity index (χ2v) is 3.19. The third-order valence-electron chi connectivity index (χ3n) is 2.04. The average Bonchev–Trinajstić information content (AvgIpc) is 2.29. The maximum absolute atomic E-state index is 12.4. The first kappa shape index (κ1) is 13.9. The molecule has 0 N–H and O–H groups in total. The fourth-order valence-electron chi connectivity index (χ4n) is 1.31. The van der Waals surface area contributed by atoms with Crippen LogP contribution in [0.4, 0.5) is 13.2 Å². The molecule has 1 nitrogen and oxygen atoms in total. The van der Waals surface area contributed by atoms with Gasteiger partial charge in [0, 0.05) is 26.3 Å². The molecule has 2 rings (SSSR count). The van der Waals surface area contributed by atoms with Gasteiger partial charge in [0.2, 0.25) is 0 Å². The Morgan fingerprint density at radius 1 is 1.00 bits per heavy atom. The van der Waals surface area contributed by atoms with Gasteiger partial charge < -0.3 is 4.98 Å². The fourth-order valence-corrected chi connectivity index (χ4v) is 1.31. The van der Waals surface area contributed by atoms with Crippen molar-refractivity contribution in [3.05, 3.63) is 54.2 Å². The van der Waals surface area contributed by atoms with Crippen LogP contribution in [0.25, 0.3) is 11.3 Å². The number of hydrogen-bond donors (Lipinski definition) is 0. The maximum atomic E-state index is 12.4. The molecule has 0 unspecified atom stereocenters. The van der Waals surface area contributed by atoms with Gasteiger partial charge in [-0.2, -0.15) is 13.2 Å². The van der Waals surface area contributed by atoms with Crippen LogP contribution in [0.1, 0.15) is 5.56 Å². The molecule has 0 atom stereocenters. The smallest absolute Gasteiger partial charge is 0.305 e. The van der Waals surface area contributed by atoms with E-state index < -0.39 is 11.7 Å². The van der Waals surface area contributed by atoms with Crippen molar-refractivity contribution >= 4 is 0 Å². The third-order valence-corrected chi connectivity index (χ3v) is 2.04. The molecule has 0 saturated carbocycles. The molecule has 0 fully saturated rings. The van der Waals surface area contributed by atoms with Crippen molar-refractivity contribution in [3.63, 3.8) is 0 Å². The van der Waals surface area contributed by atoms with E-state index in [2.05, 4.69) is 11.1 Å². The Hall–Kier alpha value is -1.19. The van der Waals surface area contributed by atoms with Gasteiger partial charge in [-0.05, 0) is 17.3 Å². The third kappa shape index (κ3) is 3.38. The minimum Gasteiger partial charge on any atom is -0.305 e. The summed E-state index contributed by atoms with van der Waals surface area (Å²) in [6.07, 6.45) is -2.84. The topological polar surface area (TPSA) is 12.9 Å². The summed E-state index contributed by atoms with van der Waals surface area (Å²) in [5.74, 6) is 0. The maximum Gasteiger partial charge on any atom is 0.399 e. The number of halogens is 3. The molecule has 0 aliphatic heterocycles. The molecule has 1 radical (unpaired) electrons. The Balaban J connectivity index is 0.00000144. The Morgan fingerprint density at radius 2 is 1.76 bits per heavy atom. The number of alkyl halides is 3. The molecule has 91 valence electrons. The van der Waals surface area contributed by atoms with Crippen molar-refractivity contribution in [1.29, 1.82) is 0 Å². The van der Waals surface area contributed by atoms with E-state index in [1.165, 1.54) is 12.3 Å². The van der Waals surface area contributed by atoms with Gasteiger partial charge >= 0.3 is 6.18 Å². The standard InChI is InChI=1S/C12H7F3N.Ir/c13-12(14,15)10-5-3-4-9(8-10)11-6-1-2-7-16-11;/h1-7H;/q-1;. The minimum atomic E-state index is -4.37. The molecule has 17 heavy (non-hydrogen) atoms. The minimum absolute atomic E-state index is 0. The molecule has 0 aliphatic carbocycles. The summed E-state index contributed by atoms with van der Waals surface area (Å²) < 4.78 is 37.3. The predicted molar refractivity (Wildman–Crippen MR) is 53.5 cm³/mol. The van der Waals surface area contributed by atoms with Crippen molar-refractivity contribution in [3.8, 4) is 11.3 Å². The van der Waals surface area contributed by atoms with Crippen LogP contribution in [0.15, 0.2) is 42.6 Å². The van der Waals surface area contributed by atoms with Crippen LogP contribution in [-0.4, -0.2) is 4.98 Å². The van der Waals surface area contributed by atoms with E-state index in [4.69, 9.17) is 0 Å². The van der Waals surface area contributed by atoms with Gasteiger partial charge in [-0.1, -0.05) is 12.1 Å². The summed E-state index contributed by atoms with van der Waals surface area (Å²) in [7, 11) is 0. The second kappa shape index (κ2) is 5.43. The SMILES string of the molecule is FC(F)(F)c1[c-]c(-c2ccccn2)ccc1.[Ir]. The summed E-state index contributed by atoms with van der Waals surface area (Å²) in [5.41, 5.74) is 0.0414. The van der Waals surface area contributed by atoms with Crippen molar-refractivity contribution < 1.29 is 33.3 Å². The molecular weight excluding hydrogens is 407 g/mol. The zero-order valence-electron chi connectivity index (χ0n) is 8.46. The van der Waals surface area contributed by atoms with E-state index in [0.29, 0.717) is 11.3 Å². The van der Waals surface area contributed by atoms with Crippen molar-refractivity contribution in [2.24, 2.45) is 0 Å². The van der Waals surface area contributed by atoms with Gasteiger partial charge in [-0.25, -0.2) is 0 Å². The van der Waals surface area contributed by atoms with Crippen molar-refractivity contribution in [2.45, 2.75) is 6.18 Å². The van der Waals surface area contributed by atoms with Crippen LogP contribution in [0.3, 0.4) is 0 Å². The molecular formula is C12H7F3IrN-. The van der Waals surface area contributed by atoms with E-state index in [-0.39, 0.29) is 20.1 Å².